The largest absolute Gasteiger partial charge is 0.481 e. The van der Waals surface area contributed by atoms with E-state index >= 15 is 0 Å². The minimum absolute atomic E-state index is 0.0293. The number of nitrogens with zero attached hydrogens (tertiary/aromatic N) is 4. The number of carbonyl (C=O) groups excluding carboxylic acids is 1. The molecule has 1 aromatic carbocycles. The van der Waals surface area contributed by atoms with Crippen LogP contribution in [0.3, 0.4) is 0 Å². The van der Waals surface area contributed by atoms with Gasteiger partial charge in [0.05, 0.1) is 36.9 Å². The zero-order chi connectivity index (χ0) is 19.4. The number of amides is 1. The molecule has 9 nitrogen and oxygen atoms in total. The molecule has 0 fully saturated rings. The van der Waals surface area contributed by atoms with Crippen molar-refractivity contribution in [2.75, 3.05) is 25.3 Å². The number of fused-ring (bicyclic) bond motifs is 1. The van der Waals surface area contributed by atoms with Crippen molar-refractivity contribution in [2.45, 2.75) is 5.16 Å². The van der Waals surface area contributed by atoms with Crippen LogP contribution in [-0.2, 0) is 11.8 Å². The van der Waals surface area contributed by atoms with Crippen molar-refractivity contribution >= 4 is 34.5 Å². The van der Waals surface area contributed by atoms with Crippen LogP contribution < -0.4 is 20.3 Å². The van der Waals surface area contributed by atoms with Crippen LogP contribution in [0.4, 0.5) is 5.95 Å². The van der Waals surface area contributed by atoms with Gasteiger partial charge < -0.3 is 9.47 Å². The average Bonchev–Trinajstić information content (AvgIpc) is 2.69. The molecule has 0 saturated carbocycles. The summed E-state index contributed by atoms with van der Waals surface area (Å²) in [6.45, 7) is 0. The van der Waals surface area contributed by atoms with E-state index in [2.05, 4.69) is 20.3 Å². The molecule has 0 aliphatic rings. The number of nitrogens with one attached hydrogen (secondary N) is 1. The van der Waals surface area contributed by atoms with E-state index in [1.165, 1.54) is 24.9 Å². The Morgan fingerprint density at radius 1 is 1.15 bits per heavy atom. The van der Waals surface area contributed by atoms with Gasteiger partial charge in [-0.1, -0.05) is 23.9 Å². The van der Waals surface area contributed by atoms with Gasteiger partial charge in [0.15, 0.2) is 5.16 Å². The Kier molecular flexibility index (Phi) is 5.55. The summed E-state index contributed by atoms with van der Waals surface area (Å²) in [5.74, 6) is 0.281. The molecule has 2 aromatic heterocycles. The number of hydrogen-bond donors (Lipinski definition) is 1. The lowest BCUT2D eigenvalue weighted by Gasteiger charge is -2.09. The molecule has 1 N–H and O–H groups in total. The highest BCUT2D eigenvalue weighted by Gasteiger charge is 2.13. The van der Waals surface area contributed by atoms with Crippen molar-refractivity contribution < 1.29 is 14.3 Å². The molecule has 3 aromatic rings. The van der Waals surface area contributed by atoms with Crippen LogP contribution in [0.2, 0.25) is 0 Å². The van der Waals surface area contributed by atoms with Gasteiger partial charge in [0.25, 0.3) is 5.56 Å². The lowest BCUT2D eigenvalue weighted by molar-refractivity contribution is -0.113. The van der Waals surface area contributed by atoms with Gasteiger partial charge in [0.2, 0.25) is 23.6 Å². The molecule has 0 spiro atoms. The lowest BCUT2D eigenvalue weighted by atomic mass is 10.2. The Bertz CT molecular complexity index is 1030. The number of thioether (sulfide) groups is 1. The Labute approximate surface area is 158 Å². The first-order valence-electron chi connectivity index (χ1n) is 7.87. The Hall–Kier alpha value is -3.14. The fourth-order valence-corrected chi connectivity index (χ4v) is 3.06. The number of aromatic nitrogens is 4. The summed E-state index contributed by atoms with van der Waals surface area (Å²) in [5.41, 5.74) is 0.425. The highest BCUT2D eigenvalue weighted by molar-refractivity contribution is 7.99. The highest BCUT2D eigenvalue weighted by atomic mass is 32.2. The SMILES string of the molecule is COc1cc(OC)nc(NC(=O)CSc2nc3ccccc3c(=O)n2C)n1. The molecule has 0 bridgehead atoms. The maximum absolute atomic E-state index is 12.4. The van der Waals surface area contributed by atoms with Gasteiger partial charge in [-0.15, -0.1) is 0 Å². The molecule has 27 heavy (non-hydrogen) atoms. The summed E-state index contributed by atoms with van der Waals surface area (Å²) >= 11 is 1.15. The molecule has 2 heterocycles. The summed E-state index contributed by atoms with van der Waals surface area (Å²) in [5, 5.41) is 3.55. The molecular weight excluding hydrogens is 370 g/mol. The molecule has 0 radical (unpaired) electrons. The van der Waals surface area contributed by atoms with Crippen LogP contribution in [0.15, 0.2) is 40.3 Å². The molecule has 0 atom stereocenters. The Morgan fingerprint density at radius 2 is 1.81 bits per heavy atom. The van der Waals surface area contributed by atoms with Crippen LogP contribution in [0, 0.1) is 0 Å². The topological polar surface area (TPSA) is 108 Å². The number of methoxy groups -OCH3 is 2. The molecule has 0 saturated heterocycles. The number of carbonyl (C=O) groups is 1. The van der Waals surface area contributed by atoms with Gasteiger partial charge in [-0.2, -0.15) is 9.97 Å². The minimum Gasteiger partial charge on any atom is -0.481 e. The van der Waals surface area contributed by atoms with E-state index in [4.69, 9.17) is 9.47 Å². The molecule has 0 unspecified atom stereocenters. The third-order valence-corrected chi connectivity index (χ3v) is 4.65. The summed E-state index contributed by atoms with van der Waals surface area (Å²) in [6.07, 6.45) is 0. The maximum atomic E-state index is 12.4. The second-order valence-corrected chi connectivity index (χ2v) is 6.33. The molecule has 140 valence electrons. The normalized spacial score (nSPS) is 10.6. The molecule has 1 amide bonds. The zero-order valence-electron chi connectivity index (χ0n) is 14.9. The van der Waals surface area contributed by atoms with E-state index in [1.807, 2.05) is 6.07 Å². The average molecular weight is 387 g/mol. The highest BCUT2D eigenvalue weighted by Crippen LogP contribution is 2.19. The van der Waals surface area contributed by atoms with Crippen LogP contribution in [0.1, 0.15) is 0 Å². The number of ether oxygens (including phenoxy) is 2. The van der Waals surface area contributed by atoms with E-state index < -0.39 is 0 Å². The first kappa shape index (κ1) is 18.6. The van der Waals surface area contributed by atoms with E-state index in [0.717, 1.165) is 11.8 Å². The van der Waals surface area contributed by atoms with Gasteiger partial charge in [-0.05, 0) is 12.1 Å². The Balaban J connectivity index is 1.74. The van der Waals surface area contributed by atoms with Gasteiger partial charge >= 0.3 is 0 Å². The van der Waals surface area contributed by atoms with E-state index in [1.54, 1.807) is 25.2 Å². The van der Waals surface area contributed by atoms with Crippen LogP contribution in [-0.4, -0.2) is 45.4 Å². The second-order valence-electron chi connectivity index (χ2n) is 5.39. The fraction of sp³-hybridized carbons (Fsp3) is 0.235. The number of anilines is 1. The Morgan fingerprint density at radius 3 is 2.48 bits per heavy atom. The predicted octanol–water partition coefficient (Wildman–Crippen LogP) is 1.47. The zero-order valence-corrected chi connectivity index (χ0v) is 15.7. The van der Waals surface area contributed by atoms with Crippen molar-refractivity contribution in [2.24, 2.45) is 7.05 Å². The molecular formula is C17H17N5O4S. The standard InChI is InChI=1S/C17H17N5O4S/c1-22-15(24)10-6-4-5-7-11(10)18-17(22)27-9-12(23)19-16-20-13(25-2)8-14(21-16)26-3/h4-8H,9H2,1-3H3,(H,19,20,21,23). The molecule has 3 rings (SSSR count). The van der Waals surface area contributed by atoms with Crippen molar-refractivity contribution in [3.8, 4) is 11.8 Å². The van der Waals surface area contributed by atoms with E-state index in [-0.39, 0.29) is 34.9 Å². The van der Waals surface area contributed by atoms with Crippen LogP contribution >= 0.6 is 11.8 Å². The fourth-order valence-electron chi connectivity index (χ4n) is 2.29. The van der Waals surface area contributed by atoms with Crippen molar-refractivity contribution in [1.82, 2.24) is 19.5 Å². The van der Waals surface area contributed by atoms with E-state index in [0.29, 0.717) is 16.1 Å². The summed E-state index contributed by atoms with van der Waals surface area (Å²) in [6, 6.07) is 8.58. The van der Waals surface area contributed by atoms with Crippen LogP contribution in [0.5, 0.6) is 11.8 Å². The number of hydrogen-bond acceptors (Lipinski definition) is 8. The van der Waals surface area contributed by atoms with Gasteiger partial charge in [-0.3, -0.25) is 19.5 Å². The first-order chi connectivity index (χ1) is 13.0. The first-order valence-corrected chi connectivity index (χ1v) is 8.86. The van der Waals surface area contributed by atoms with Gasteiger partial charge in [0.1, 0.15) is 0 Å². The van der Waals surface area contributed by atoms with Gasteiger partial charge in [-0.25, -0.2) is 4.98 Å². The lowest BCUT2D eigenvalue weighted by Crippen LogP contribution is -2.21. The minimum atomic E-state index is -0.349. The monoisotopic (exact) mass is 387 g/mol. The van der Waals surface area contributed by atoms with Crippen LogP contribution in [0.25, 0.3) is 10.9 Å². The number of para-hydroxylation sites is 1. The predicted molar refractivity (Wildman–Crippen MR) is 101 cm³/mol. The van der Waals surface area contributed by atoms with Crippen molar-refractivity contribution in [3.05, 3.63) is 40.7 Å². The number of benzene rings is 1. The quantitative estimate of drug-likeness (QED) is 0.500. The smallest absolute Gasteiger partial charge is 0.261 e. The maximum Gasteiger partial charge on any atom is 0.261 e. The van der Waals surface area contributed by atoms with Gasteiger partial charge in [0, 0.05) is 7.05 Å². The number of rotatable bonds is 6. The molecule has 0 aliphatic heterocycles. The summed E-state index contributed by atoms with van der Waals surface area (Å²) in [7, 11) is 4.53. The summed E-state index contributed by atoms with van der Waals surface area (Å²) in [4.78, 5) is 37.2. The van der Waals surface area contributed by atoms with E-state index in [9.17, 15) is 9.59 Å². The molecule has 0 aliphatic carbocycles. The summed E-state index contributed by atoms with van der Waals surface area (Å²) < 4.78 is 11.5. The second kappa shape index (κ2) is 8.04. The third kappa shape index (κ3) is 4.17. The molecule has 10 heteroatoms. The van der Waals surface area contributed by atoms with Crippen molar-refractivity contribution in [1.29, 1.82) is 0 Å². The van der Waals surface area contributed by atoms with Crippen molar-refractivity contribution in [3.63, 3.8) is 0 Å². The third-order valence-electron chi connectivity index (χ3n) is 3.62.